The number of phosphoric acid groups is 1. The van der Waals surface area contributed by atoms with Crippen molar-refractivity contribution in [2.45, 2.75) is 103 Å². The lowest BCUT2D eigenvalue weighted by Crippen LogP contribution is -2.33. The number of nitrogens with one attached hydrogen (secondary N) is 1. The zero-order valence-corrected chi connectivity index (χ0v) is 22.8. The number of aromatic amines is 1. The predicted octanol–water partition coefficient (Wildman–Crippen LogP) is 3.73. The lowest BCUT2D eigenvalue weighted by atomic mass is 10.1. The average Bonchev–Trinajstić information content (AvgIpc) is 3.15. The summed E-state index contributed by atoms with van der Waals surface area (Å²) in [5.74, 6) is 0. The van der Waals surface area contributed by atoms with E-state index in [-0.39, 0.29) is 18.1 Å². The minimum absolute atomic E-state index is 0.0345. The molecule has 0 saturated carbocycles. The van der Waals surface area contributed by atoms with E-state index in [1.807, 2.05) is 0 Å². The molecule has 1 aliphatic heterocycles. The number of nitrogens with zero attached hydrogens (tertiary/aromatic N) is 1. The highest BCUT2D eigenvalue weighted by Gasteiger charge is 2.39. The van der Waals surface area contributed by atoms with Crippen molar-refractivity contribution in [3.63, 3.8) is 0 Å². The summed E-state index contributed by atoms with van der Waals surface area (Å²) in [6, 6.07) is 0. The van der Waals surface area contributed by atoms with Crippen molar-refractivity contribution in [1.29, 1.82) is 0 Å². The Morgan fingerprint density at radius 2 is 1.64 bits per heavy atom. The molecule has 0 bridgehead atoms. The molecule has 14 heteroatoms. The van der Waals surface area contributed by atoms with Crippen LogP contribution in [0.2, 0.25) is 0 Å². The van der Waals surface area contributed by atoms with Crippen LogP contribution >= 0.6 is 15.4 Å². The van der Waals surface area contributed by atoms with Crippen LogP contribution in [-0.2, 0) is 22.7 Å². The van der Waals surface area contributed by atoms with Gasteiger partial charge in [-0.15, -0.1) is 0 Å². The van der Waals surface area contributed by atoms with Crippen LogP contribution in [0.5, 0.6) is 0 Å². The first-order valence-corrected chi connectivity index (χ1v) is 15.9. The van der Waals surface area contributed by atoms with Gasteiger partial charge in [0.15, 0.2) is 0 Å². The van der Waals surface area contributed by atoms with Crippen molar-refractivity contribution >= 4 is 15.4 Å². The molecule has 36 heavy (non-hydrogen) atoms. The van der Waals surface area contributed by atoms with Crippen LogP contribution in [0.1, 0.15) is 89.3 Å². The number of aryl methyl sites for hydroxylation is 1. The van der Waals surface area contributed by atoms with Crippen molar-refractivity contribution in [2.24, 2.45) is 0 Å². The third kappa shape index (κ3) is 10.7. The SMILES string of the molecule is CCCCCCCCCCCCP(=O)(O)OP(=O)(O)OC[C@H]1O[C@@H](n2cc(C)c(=O)[nH]c2=O)C[C@@H]1O. The Morgan fingerprint density at radius 3 is 2.25 bits per heavy atom. The highest BCUT2D eigenvalue weighted by molar-refractivity contribution is 7.64. The number of phosphoric ester groups is 1. The van der Waals surface area contributed by atoms with Crippen molar-refractivity contribution in [3.05, 3.63) is 32.6 Å². The number of hydrogen-bond donors (Lipinski definition) is 4. The first-order valence-electron chi connectivity index (χ1n) is 12.6. The fourth-order valence-electron chi connectivity index (χ4n) is 4.03. The van der Waals surface area contributed by atoms with Crippen molar-refractivity contribution in [1.82, 2.24) is 9.55 Å². The third-order valence-electron chi connectivity index (χ3n) is 6.09. The minimum atomic E-state index is -4.91. The number of aliphatic hydroxyl groups excluding tert-OH is 1. The van der Waals surface area contributed by atoms with E-state index in [9.17, 15) is 33.6 Å². The van der Waals surface area contributed by atoms with E-state index in [4.69, 9.17) is 9.26 Å². The number of aromatic nitrogens is 2. The third-order valence-corrected chi connectivity index (χ3v) is 9.29. The molecule has 4 N–H and O–H groups in total. The fourth-order valence-corrected chi connectivity index (χ4v) is 6.79. The Morgan fingerprint density at radius 1 is 1.06 bits per heavy atom. The maximum absolute atomic E-state index is 12.2. The van der Waals surface area contributed by atoms with Crippen molar-refractivity contribution in [2.75, 3.05) is 12.8 Å². The van der Waals surface area contributed by atoms with Crippen molar-refractivity contribution < 1.29 is 37.6 Å². The number of ether oxygens (including phenoxy) is 1. The maximum atomic E-state index is 12.2. The van der Waals surface area contributed by atoms with Crippen LogP contribution in [0.15, 0.2) is 15.8 Å². The Labute approximate surface area is 211 Å². The second-order valence-corrected chi connectivity index (χ2v) is 12.9. The van der Waals surface area contributed by atoms with Gasteiger partial charge in [0.25, 0.3) is 5.56 Å². The summed E-state index contributed by atoms with van der Waals surface area (Å²) in [5, 5.41) is 10.2. The van der Waals surface area contributed by atoms with Gasteiger partial charge in [-0.2, -0.15) is 0 Å². The monoisotopic (exact) mass is 554 g/mol. The van der Waals surface area contributed by atoms with Gasteiger partial charge in [-0.1, -0.05) is 64.7 Å². The van der Waals surface area contributed by atoms with E-state index in [1.165, 1.54) is 45.2 Å². The van der Waals surface area contributed by atoms with Crippen LogP contribution in [-0.4, -0.2) is 49.4 Å². The summed E-state index contributed by atoms with van der Waals surface area (Å²) in [6.07, 6.45) is 8.13. The summed E-state index contributed by atoms with van der Waals surface area (Å²) < 4.78 is 40.4. The number of unbranched alkanes of at least 4 members (excludes halogenated alkanes) is 9. The van der Waals surface area contributed by atoms with E-state index in [0.717, 1.165) is 23.8 Å². The predicted molar refractivity (Wildman–Crippen MR) is 134 cm³/mol. The van der Waals surface area contributed by atoms with E-state index in [1.54, 1.807) is 0 Å². The Kier molecular flexibility index (Phi) is 12.7. The van der Waals surface area contributed by atoms with E-state index >= 15 is 0 Å². The highest BCUT2D eigenvalue weighted by atomic mass is 31.3. The number of rotatable bonds is 17. The minimum Gasteiger partial charge on any atom is -0.390 e. The molecule has 0 aliphatic carbocycles. The maximum Gasteiger partial charge on any atom is 0.479 e. The van der Waals surface area contributed by atoms with Crippen LogP contribution in [0.3, 0.4) is 0 Å². The molecule has 5 atom stereocenters. The molecule has 12 nitrogen and oxygen atoms in total. The second kappa shape index (κ2) is 14.7. The largest absolute Gasteiger partial charge is 0.479 e. The zero-order chi connectivity index (χ0) is 26.8. The molecule has 2 heterocycles. The number of H-pyrrole nitrogens is 1. The number of hydrogen-bond acceptors (Lipinski definition) is 8. The first-order chi connectivity index (χ1) is 16.9. The molecule has 1 fully saturated rings. The molecule has 1 aliphatic rings. The first kappa shape index (κ1) is 31.1. The van der Waals surface area contributed by atoms with E-state index in [0.29, 0.717) is 12.8 Å². The molecule has 2 rings (SSSR count). The lowest BCUT2D eigenvalue weighted by Gasteiger charge is -2.20. The van der Waals surface area contributed by atoms with Gasteiger partial charge in [0.1, 0.15) is 12.3 Å². The smallest absolute Gasteiger partial charge is 0.390 e. The molecule has 1 saturated heterocycles. The van der Waals surface area contributed by atoms with Crippen LogP contribution < -0.4 is 11.2 Å². The van der Waals surface area contributed by atoms with Crippen LogP contribution in [0, 0.1) is 6.92 Å². The van der Waals surface area contributed by atoms with Gasteiger partial charge in [0.05, 0.1) is 18.9 Å². The van der Waals surface area contributed by atoms with Gasteiger partial charge in [-0.3, -0.25) is 23.4 Å². The molecule has 1 aromatic heterocycles. The van der Waals surface area contributed by atoms with E-state index < -0.39 is 51.7 Å². The summed E-state index contributed by atoms with van der Waals surface area (Å²) in [5.41, 5.74) is -1.00. The van der Waals surface area contributed by atoms with Gasteiger partial charge >= 0.3 is 21.1 Å². The van der Waals surface area contributed by atoms with E-state index in [2.05, 4.69) is 16.2 Å². The van der Waals surface area contributed by atoms with Crippen LogP contribution in [0.4, 0.5) is 0 Å². The van der Waals surface area contributed by atoms with Crippen molar-refractivity contribution in [3.8, 4) is 0 Å². The zero-order valence-electron chi connectivity index (χ0n) is 21.0. The molecule has 1 aromatic rings. The molecule has 0 spiro atoms. The Hall–Kier alpha value is -1.10. The summed E-state index contributed by atoms with van der Waals surface area (Å²) in [6.45, 7) is 3.07. The lowest BCUT2D eigenvalue weighted by molar-refractivity contribution is -0.0448. The standard InChI is InChI=1S/C22H40N2O10P2/c1-3-4-5-6-7-8-9-10-11-12-13-35(28,29)34-36(30,31)32-16-19-18(25)14-20(33-19)24-15-17(2)21(26)23-22(24)27/h15,18-20,25H,3-14,16H2,1-2H3,(H,28,29)(H,30,31)(H,23,26,27)/t18-,19+,20+/m0/s1. The van der Waals surface area contributed by atoms with Gasteiger partial charge in [-0.05, 0) is 13.3 Å². The van der Waals surface area contributed by atoms with Gasteiger partial charge < -0.3 is 19.6 Å². The molecule has 0 radical (unpaired) electrons. The summed E-state index contributed by atoms with van der Waals surface area (Å²) in [7, 11) is -9.27. The van der Waals surface area contributed by atoms with Gasteiger partial charge in [0.2, 0.25) is 0 Å². The Bertz CT molecular complexity index is 1030. The average molecular weight is 555 g/mol. The fraction of sp³-hybridized carbons (Fsp3) is 0.818. The molecule has 2 unspecified atom stereocenters. The van der Waals surface area contributed by atoms with Gasteiger partial charge in [0, 0.05) is 18.2 Å². The molecular weight excluding hydrogens is 514 g/mol. The normalized spacial score (nSPS) is 23.4. The van der Waals surface area contributed by atoms with Gasteiger partial charge in [-0.25, -0.2) is 13.7 Å². The van der Waals surface area contributed by atoms with Crippen LogP contribution in [0.25, 0.3) is 0 Å². The quantitative estimate of drug-likeness (QED) is 0.164. The second-order valence-electron chi connectivity index (χ2n) is 9.30. The Balaban J connectivity index is 1.72. The molecule has 0 aromatic carbocycles. The topological polar surface area (TPSA) is 177 Å². The summed E-state index contributed by atoms with van der Waals surface area (Å²) >= 11 is 0. The summed E-state index contributed by atoms with van der Waals surface area (Å²) in [4.78, 5) is 45.5. The highest BCUT2D eigenvalue weighted by Crippen LogP contribution is 2.60. The molecule has 0 amide bonds. The molecular formula is C22H40N2O10P2. The molecule has 208 valence electrons. The number of aliphatic hydroxyl groups is 1.